The number of likely N-dealkylation sites (tertiary alicyclic amines) is 1. The third-order valence-electron chi connectivity index (χ3n) is 5.02. The highest BCUT2D eigenvalue weighted by Crippen LogP contribution is 2.38. The van der Waals surface area contributed by atoms with Crippen LogP contribution < -0.4 is 0 Å². The number of aliphatic hydroxyl groups is 1. The number of rotatable bonds is 4. The van der Waals surface area contributed by atoms with Crippen molar-refractivity contribution < 1.29 is 13.9 Å². The number of allylic oxidation sites excluding steroid dienone is 2. The third-order valence-corrected chi connectivity index (χ3v) is 5.02. The molecule has 4 rings (SSSR count). The number of aliphatic hydroxyl groups excluding tert-OH is 1. The van der Waals surface area contributed by atoms with E-state index in [9.17, 15) is 8.78 Å². The minimum atomic E-state index is -0.402. The Morgan fingerprint density at radius 2 is 2.08 bits per heavy atom. The molecule has 1 aromatic rings. The van der Waals surface area contributed by atoms with E-state index in [-0.39, 0.29) is 18.5 Å². The standard InChI is InChI=1S/C19H21F2N3O/c20-14-3-4-18(21)17(12-14)19-2-1-7-23(19)15-6-9-24-16(13-15)5-8-22(24)10-11-25/h3-6,9,12-13,19,25H,1-2,7-8,10-11H2/t19-/m1/s1. The van der Waals surface area contributed by atoms with E-state index in [0.29, 0.717) is 12.1 Å². The van der Waals surface area contributed by atoms with Gasteiger partial charge in [-0.2, -0.15) is 0 Å². The quantitative estimate of drug-likeness (QED) is 0.909. The lowest BCUT2D eigenvalue weighted by atomic mass is 10.0. The zero-order valence-corrected chi connectivity index (χ0v) is 13.9. The molecule has 0 saturated carbocycles. The van der Waals surface area contributed by atoms with Crippen LogP contribution in [0, 0.1) is 11.6 Å². The average Bonchev–Trinajstić information content (AvgIpc) is 3.24. The van der Waals surface area contributed by atoms with Crippen LogP contribution in [-0.4, -0.2) is 46.3 Å². The van der Waals surface area contributed by atoms with Gasteiger partial charge in [-0.25, -0.2) is 13.8 Å². The topological polar surface area (TPSA) is 30.0 Å². The average molecular weight is 345 g/mol. The van der Waals surface area contributed by atoms with Crippen molar-refractivity contribution in [2.24, 2.45) is 0 Å². The van der Waals surface area contributed by atoms with Gasteiger partial charge in [-0.3, -0.25) is 5.01 Å². The molecule has 0 radical (unpaired) electrons. The lowest BCUT2D eigenvalue weighted by molar-refractivity contribution is 0.0689. The molecule has 1 fully saturated rings. The number of hydrogen-bond donors (Lipinski definition) is 1. The van der Waals surface area contributed by atoms with E-state index < -0.39 is 5.82 Å². The molecule has 0 spiro atoms. The molecule has 0 amide bonds. The van der Waals surface area contributed by atoms with Gasteiger partial charge in [0.25, 0.3) is 0 Å². The van der Waals surface area contributed by atoms with Gasteiger partial charge >= 0.3 is 0 Å². The maximum atomic E-state index is 14.2. The van der Waals surface area contributed by atoms with E-state index in [0.717, 1.165) is 43.4 Å². The van der Waals surface area contributed by atoms with Gasteiger partial charge in [-0.15, -0.1) is 0 Å². The van der Waals surface area contributed by atoms with E-state index in [1.54, 1.807) is 0 Å². The first-order chi connectivity index (χ1) is 12.2. The number of hydrogen-bond acceptors (Lipinski definition) is 4. The molecule has 132 valence electrons. The first kappa shape index (κ1) is 16.3. The molecule has 1 aromatic carbocycles. The predicted molar refractivity (Wildman–Crippen MR) is 90.8 cm³/mol. The van der Waals surface area contributed by atoms with Crippen LogP contribution in [0.2, 0.25) is 0 Å². The molecule has 3 aliphatic rings. The molecular formula is C19H21F2N3O. The zero-order chi connectivity index (χ0) is 17.4. The van der Waals surface area contributed by atoms with Crippen LogP contribution in [0.1, 0.15) is 24.4 Å². The van der Waals surface area contributed by atoms with Gasteiger partial charge in [0.2, 0.25) is 0 Å². The third kappa shape index (κ3) is 2.96. The van der Waals surface area contributed by atoms with Gasteiger partial charge in [0.1, 0.15) is 11.6 Å². The summed E-state index contributed by atoms with van der Waals surface area (Å²) in [6, 6.07) is 3.54. The van der Waals surface area contributed by atoms with Crippen LogP contribution in [0.25, 0.3) is 0 Å². The summed E-state index contributed by atoms with van der Waals surface area (Å²) in [6.07, 6.45) is 9.92. The maximum Gasteiger partial charge on any atom is 0.128 e. The first-order valence-corrected chi connectivity index (χ1v) is 8.64. The fraction of sp³-hybridized carbons (Fsp3) is 0.368. The highest BCUT2D eigenvalue weighted by molar-refractivity contribution is 5.38. The van der Waals surface area contributed by atoms with Crippen LogP contribution in [-0.2, 0) is 0 Å². The normalized spacial score (nSPS) is 23.1. The predicted octanol–water partition coefficient (Wildman–Crippen LogP) is 2.92. The fourth-order valence-corrected chi connectivity index (χ4v) is 3.86. The van der Waals surface area contributed by atoms with Crippen molar-refractivity contribution in [1.29, 1.82) is 0 Å². The molecule has 1 saturated heterocycles. The fourth-order valence-electron chi connectivity index (χ4n) is 3.86. The molecule has 3 aliphatic heterocycles. The Bertz CT molecular complexity index is 759. The summed E-state index contributed by atoms with van der Waals surface area (Å²) < 4.78 is 27.8. The van der Waals surface area contributed by atoms with Gasteiger partial charge in [0, 0.05) is 37.1 Å². The van der Waals surface area contributed by atoms with Crippen molar-refractivity contribution >= 4 is 0 Å². The Labute approximate surface area is 145 Å². The Balaban J connectivity index is 1.59. The molecule has 1 N–H and O–H groups in total. The molecule has 4 nitrogen and oxygen atoms in total. The minimum Gasteiger partial charge on any atom is -0.395 e. The Morgan fingerprint density at radius 3 is 2.92 bits per heavy atom. The van der Waals surface area contributed by atoms with Crippen molar-refractivity contribution in [3.05, 3.63) is 71.2 Å². The molecule has 0 unspecified atom stereocenters. The van der Waals surface area contributed by atoms with Crippen molar-refractivity contribution in [1.82, 2.24) is 14.9 Å². The summed E-state index contributed by atoms with van der Waals surface area (Å²) in [4.78, 5) is 2.15. The molecule has 1 atom stereocenters. The summed E-state index contributed by atoms with van der Waals surface area (Å²) in [5.41, 5.74) is 2.49. The summed E-state index contributed by atoms with van der Waals surface area (Å²) in [5.74, 6) is -0.754. The smallest absolute Gasteiger partial charge is 0.128 e. The Morgan fingerprint density at radius 1 is 1.20 bits per heavy atom. The molecular weight excluding hydrogens is 324 g/mol. The Hall–Kier alpha value is -2.18. The second-order valence-corrected chi connectivity index (χ2v) is 6.51. The van der Waals surface area contributed by atoms with Gasteiger partial charge in [-0.1, -0.05) is 0 Å². The lowest BCUT2D eigenvalue weighted by Crippen LogP contribution is -2.37. The van der Waals surface area contributed by atoms with E-state index >= 15 is 0 Å². The summed E-state index contributed by atoms with van der Waals surface area (Å²) in [7, 11) is 0. The molecule has 3 heterocycles. The van der Waals surface area contributed by atoms with Gasteiger partial charge < -0.3 is 10.0 Å². The van der Waals surface area contributed by atoms with E-state index in [4.69, 9.17) is 5.11 Å². The second-order valence-electron chi connectivity index (χ2n) is 6.51. The molecule has 0 bridgehead atoms. The van der Waals surface area contributed by atoms with Crippen LogP contribution >= 0.6 is 0 Å². The van der Waals surface area contributed by atoms with Gasteiger partial charge in [0.15, 0.2) is 0 Å². The van der Waals surface area contributed by atoms with E-state index in [1.807, 2.05) is 22.3 Å². The maximum absolute atomic E-state index is 14.2. The second kappa shape index (κ2) is 6.61. The van der Waals surface area contributed by atoms with E-state index in [2.05, 4.69) is 17.1 Å². The Kier molecular flexibility index (Phi) is 4.31. The molecule has 25 heavy (non-hydrogen) atoms. The largest absolute Gasteiger partial charge is 0.395 e. The van der Waals surface area contributed by atoms with Crippen molar-refractivity contribution in [3.63, 3.8) is 0 Å². The van der Waals surface area contributed by atoms with Gasteiger partial charge in [-0.05, 0) is 49.3 Å². The van der Waals surface area contributed by atoms with Crippen LogP contribution in [0.4, 0.5) is 8.78 Å². The number of fused-ring (bicyclic) bond motifs is 1. The SMILES string of the molecule is OCCN1CC=C2C=C(N3CCC[C@@H]3c3cc(F)ccc3F)C=CN21. The number of hydrazine groups is 1. The molecule has 0 aromatic heterocycles. The lowest BCUT2D eigenvalue weighted by Gasteiger charge is -2.34. The number of halogens is 2. The minimum absolute atomic E-state index is 0.106. The van der Waals surface area contributed by atoms with Crippen molar-refractivity contribution in [2.75, 3.05) is 26.2 Å². The monoisotopic (exact) mass is 345 g/mol. The van der Waals surface area contributed by atoms with Crippen molar-refractivity contribution in [2.45, 2.75) is 18.9 Å². The highest BCUT2D eigenvalue weighted by atomic mass is 19.1. The molecule has 6 heteroatoms. The first-order valence-electron chi connectivity index (χ1n) is 8.64. The summed E-state index contributed by atoms with van der Waals surface area (Å²) in [5, 5.41) is 13.2. The zero-order valence-electron chi connectivity index (χ0n) is 13.9. The van der Waals surface area contributed by atoms with E-state index in [1.165, 1.54) is 12.1 Å². The number of nitrogens with zero attached hydrogens (tertiary/aromatic N) is 3. The summed E-state index contributed by atoms with van der Waals surface area (Å²) in [6.45, 7) is 2.26. The van der Waals surface area contributed by atoms with Gasteiger partial charge in [0.05, 0.1) is 18.3 Å². The van der Waals surface area contributed by atoms with Crippen molar-refractivity contribution in [3.8, 4) is 0 Å². The van der Waals surface area contributed by atoms with Crippen LogP contribution in [0.5, 0.6) is 0 Å². The summed E-state index contributed by atoms with van der Waals surface area (Å²) >= 11 is 0. The molecule has 0 aliphatic carbocycles. The number of benzene rings is 1. The van der Waals surface area contributed by atoms with Crippen LogP contribution in [0.3, 0.4) is 0 Å². The number of β-amino-alcohol motifs (C(OH)–C–C–N with tert-alkyl or cyclic N) is 1. The van der Waals surface area contributed by atoms with Crippen LogP contribution in [0.15, 0.2) is 54.0 Å². The highest BCUT2D eigenvalue weighted by Gasteiger charge is 2.31.